The van der Waals surface area contributed by atoms with Crippen molar-refractivity contribution in [1.29, 1.82) is 0 Å². The number of benzene rings is 1. The zero-order valence-electron chi connectivity index (χ0n) is 14.0. The number of nitrogens with one attached hydrogen (secondary N) is 1. The smallest absolute Gasteiger partial charge is 0.253 e. The van der Waals surface area contributed by atoms with Crippen LogP contribution in [0.2, 0.25) is 0 Å². The molecule has 0 aliphatic carbocycles. The summed E-state index contributed by atoms with van der Waals surface area (Å²) in [7, 11) is 1.60. The number of nitrogens with zero attached hydrogens (tertiary/aromatic N) is 2. The Labute approximate surface area is 137 Å². The van der Waals surface area contributed by atoms with E-state index in [0.29, 0.717) is 38.3 Å². The highest BCUT2D eigenvalue weighted by atomic mass is 16.5. The molecule has 1 N–H and O–H groups in total. The Morgan fingerprint density at radius 1 is 1.13 bits per heavy atom. The van der Waals surface area contributed by atoms with Crippen LogP contribution in [0.15, 0.2) is 24.3 Å². The van der Waals surface area contributed by atoms with Crippen LogP contribution in [0.5, 0.6) is 5.75 Å². The number of hydrogen-bond donors (Lipinski definition) is 1. The van der Waals surface area contributed by atoms with Crippen LogP contribution in [0, 0.1) is 0 Å². The molecule has 1 aromatic carbocycles. The molecule has 2 rings (SSSR count). The Morgan fingerprint density at radius 3 is 2.26 bits per heavy atom. The van der Waals surface area contributed by atoms with Gasteiger partial charge in [0.1, 0.15) is 5.75 Å². The molecule has 1 heterocycles. The van der Waals surface area contributed by atoms with Gasteiger partial charge >= 0.3 is 0 Å². The Balaban J connectivity index is 1.83. The molecule has 6 nitrogen and oxygen atoms in total. The van der Waals surface area contributed by atoms with Gasteiger partial charge < -0.3 is 15.0 Å². The number of amides is 2. The highest BCUT2D eigenvalue weighted by molar-refractivity contribution is 5.94. The van der Waals surface area contributed by atoms with E-state index in [9.17, 15) is 9.59 Å². The lowest BCUT2D eigenvalue weighted by molar-refractivity contribution is -0.123. The molecule has 0 atom stereocenters. The molecule has 2 amide bonds. The maximum absolute atomic E-state index is 12.5. The van der Waals surface area contributed by atoms with E-state index >= 15 is 0 Å². The molecule has 0 aromatic heterocycles. The van der Waals surface area contributed by atoms with Crippen molar-refractivity contribution < 1.29 is 14.3 Å². The monoisotopic (exact) mass is 319 g/mol. The van der Waals surface area contributed by atoms with Gasteiger partial charge in [0, 0.05) is 37.8 Å². The van der Waals surface area contributed by atoms with E-state index in [4.69, 9.17) is 4.74 Å². The van der Waals surface area contributed by atoms with Crippen LogP contribution in [0.3, 0.4) is 0 Å². The lowest BCUT2D eigenvalue weighted by atomic mass is 10.1. The van der Waals surface area contributed by atoms with E-state index in [0.717, 1.165) is 5.75 Å². The van der Waals surface area contributed by atoms with Gasteiger partial charge in [-0.05, 0) is 38.1 Å². The van der Waals surface area contributed by atoms with E-state index in [1.54, 1.807) is 31.4 Å². The first-order valence-corrected chi connectivity index (χ1v) is 7.94. The van der Waals surface area contributed by atoms with Crippen LogP contribution in [0.1, 0.15) is 24.2 Å². The molecular weight excluding hydrogens is 294 g/mol. The lowest BCUT2D eigenvalue weighted by Gasteiger charge is -2.34. The maximum atomic E-state index is 12.5. The quantitative estimate of drug-likeness (QED) is 0.879. The molecule has 1 aromatic rings. The minimum Gasteiger partial charge on any atom is -0.497 e. The van der Waals surface area contributed by atoms with Crippen molar-refractivity contribution in [3.8, 4) is 5.75 Å². The fourth-order valence-corrected chi connectivity index (χ4v) is 2.60. The second-order valence-electron chi connectivity index (χ2n) is 6.02. The van der Waals surface area contributed by atoms with Crippen LogP contribution in [-0.4, -0.2) is 67.5 Å². The fourth-order valence-electron chi connectivity index (χ4n) is 2.60. The highest BCUT2D eigenvalue weighted by Gasteiger charge is 2.23. The number of methoxy groups -OCH3 is 1. The van der Waals surface area contributed by atoms with Crippen molar-refractivity contribution in [2.45, 2.75) is 19.9 Å². The van der Waals surface area contributed by atoms with E-state index in [-0.39, 0.29) is 17.9 Å². The number of carbonyl (C=O) groups excluding carboxylic acids is 2. The standard InChI is InChI=1S/C17H25N3O3/c1-13(2)18-16(21)12-19-8-10-20(11-9-19)17(22)14-4-6-15(23-3)7-5-14/h4-7,13H,8-12H2,1-3H3,(H,18,21). The van der Waals surface area contributed by atoms with E-state index in [2.05, 4.69) is 10.2 Å². The van der Waals surface area contributed by atoms with Gasteiger partial charge in [0.05, 0.1) is 13.7 Å². The van der Waals surface area contributed by atoms with Crippen molar-refractivity contribution in [3.63, 3.8) is 0 Å². The highest BCUT2D eigenvalue weighted by Crippen LogP contribution is 2.14. The van der Waals surface area contributed by atoms with E-state index in [1.165, 1.54) is 0 Å². The molecule has 1 aliphatic heterocycles. The first-order chi connectivity index (χ1) is 11.0. The largest absolute Gasteiger partial charge is 0.497 e. The Kier molecular flexibility index (Phi) is 5.98. The first kappa shape index (κ1) is 17.3. The van der Waals surface area contributed by atoms with Crippen LogP contribution in [0.4, 0.5) is 0 Å². The second-order valence-corrected chi connectivity index (χ2v) is 6.02. The predicted octanol–water partition coefficient (Wildman–Crippen LogP) is 0.978. The molecule has 1 fully saturated rings. The number of piperazine rings is 1. The van der Waals surface area contributed by atoms with Gasteiger partial charge in [0.2, 0.25) is 5.91 Å². The first-order valence-electron chi connectivity index (χ1n) is 7.94. The lowest BCUT2D eigenvalue weighted by Crippen LogP contribution is -2.51. The molecule has 0 unspecified atom stereocenters. The molecule has 1 saturated heterocycles. The average molecular weight is 319 g/mol. The number of rotatable bonds is 5. The van der Waals surface area contributed by atoms with Gasteiger partial charge in [-0.15, -0.1) is 0 Å². The van der Waals surface area contributed by atoms with E-state index in [1.807, 2.05) is 18.7 Å². The second kappa shape index (κ2) is 7.97. The number of hydrogen-bond acceptors (Lipinski definition) is 4. The number of carbonyl (C=O) groups is 2. The predicted molar refractivity (Wildman–Crippen MR) is 88.6 cm³/mol. The van der Waals surface area contributed by atoms with Gasteiger partial charge in [-0.3, -0.25) is 14.5 Å². The zero-order chi connectivity index (χ0) is 16.8. The number of ether oxygens (including phenoxy) is 1. The minimum absolute atomic E-state index is 0.0268. The van der Waals surface area contributed by atoms with Crippen LogP contribution < -0.4 is 10.1 Å². The molecule has 23 heavy (non-hydrogen) atoms. The van der Waals surface area contributed by atoms with Crippen LogP contribution >= 0.6 is 0 Å². The summed E-state index contributed by atoms with van der Waals surface area (Å²) in [5, 5.41) is 2.89. The Morgan fingerprint density at radius 2 is 1.74 bits per heavy atom. The molecule has 0 saturated carbocycles. The molecule has 0 bridgehead atoms. The van der Waals surface area contributed by atoms with Crippen molar-refractivity contribution in [3.05, 3.63) is 29.8 Å². The van der Waals surface area contributed by atoms with Gasteiger partial charge in [-0.2, -0.15) is 0 Å². The average Bonchev–Trinajstić information content (AvgIpc) is 2.54. The van der Waals surface area contributed by atoms with Crippen molar-refractivity contribution in [2.75, 3.05) is 39.8 Å². The topological polar surface area (TPSA) is 61.9 Å². The third-order valence-electron chi connectivity index (χ3n) is 3.81. The fraction of sp³-hybridized carbons (Fsp3) is 0.529. The van der Waals surface area contributed by atoms with Crippen LogP contribution in [-0.2, 0) is 4.79 Å². The van der Waals surface area contributed by atoms with Gasteiger partial charge in [-0.25, -0.2) is 0 Å². The van der Waals surface area contributed by atoms with E-state index < -0.39 is 0 Å². The summed E-state index contributed by atoms with van der Waals surface area (Å²) in [6.07, 6.45) is 0. The van der Waals surface area contributed by atoms with Gasteiger partial charge in [0.15, 0.2) is 0 Å². The summed E-state index contributed by atoms with van der Waals surface area (Å²) in [5.74, 6) is 0.802. The normalized spacial score (nSPS) is 15.6. The summed E-state index contributed by atoms with van der Waals surface area (Å²) in [5.41, 5.74) is 0.664. The summed E-state index contributed by atoms with van der Waals surface area (Å²) < 4.78 is 5.10. The molecule has 0 spiro atoms. The Bertz CT molecular complexity index is 535. The van der Waals surface area contributed by atoms with Crippen LogP contribution in [0.25, 0.3) is 0 Å². The van der Waals surface area contributed by atoms with Gasteiger partial charge in [0.25, 0.3) is 5.91 Å². The summed E-state index contributed by atoms with van der Waals surface area (Å²) >= 11 is 0. The molecular formula is C17H25N3O3. The summed E-state index contributed by atoms with van der Waals surface area (Å²) in [4.78, 5) is 28.1. The Hall–Kier alpha value is -2.08. The SMILES string of the molecule is COc1ccc(C(=O)N2CCN(CC(=O)NC(C)C)CC2)cc1. The zero-order valence-corrected chi connectivity index (χ0v) is 14.0. The van der Waals surface area contributed by atoms with Crippen molar-refractivity contribution >= 4 is 11.8 Å². The minimum atomic E-state index is 0.0268. The third kappa shape index (κ3) is 4.96. The van der Waals surface area contributed by atoms with Crippen molar-refractivity contribution in [1.82, 2.24) is 15.1 Å². The summed E-state index contributed by atoms with van der Waals surface area (Å²) in [6.45, 7) is 7.00. The third-order valence-corrected chi connectivity index (χ3v) is 3.81. The molecule has 6 heteroatoms. The van der Waals surface area contributed by atoms with Crippen molar-refractivity contribution in [2.24, 2.45) is 0 Å². The van der Waals surface area contributed by atoms with Gasteiger partial charge in [-0.1, -0.05) is 0 Å². The molecule has 1 aliphatic rings. The maximum Gasteiger partial charge on any atom is 0.253 e. The molecule has 126 valence electrons. The summed E-state index contributed by atoms with van der Waals surface area (Å²) in [6, 6.07) is 7.30. The molecule has 0 radical (unpaired) electrons.